The minimum absolute atomic E-state index is 0.653. The second-order valence-corrected chi connectivity index (χ2v) is 6.24. The molecular weight excluding hydrogens is 254 g/mol. The Morgan fingerprint density at radius 2 is 2.21 bits per heavy atom. The molecule has 0 spiro atoms. The van der Waals surface area contributed by atoms with E-state index in [9.17, 15) is 0 Å². The van der Waals surface area contributed by atoms with Crippen LogP contribution in [0.3, 0.4) is 0 Å². The molecule has 0 radical (unpaired) electrons. The quantitative estimate of drug-likeness (QED) is 0.890. The first-order valence-electron chi connectivity index (χ1n) is 7.22. The van der Waals surface area contributed by atoms with E-state index in [1.165, 1.54) is 37.0 Å². The summed E-state index contributed by atoms with van der Waals surface area (Å²) in [5, 5.41) is 5.62. The smallest absolute Gasteiger partial charge is 0.203 e. The zero-order valence-electron chi connectivity index (χ0n) is 11.2. The minimum Gasteiger partial charge on any atom is -0.355 e. The van der Waals surface area contributed by atoms with Crippen molar-refractivity contribution in [2.75, 3.05) is 11.9 Å². The summed E-state index contributed by atoms with van der Waals surface area (Å²) in [4.78, 5) is 5.90. The van der Waals surface area contributed by atoms with Crippen molar-refractivity contribution in [3.8, 4) is 0 Å². The molecule has 3 rings (SSSR count). The van der Waals surface area contributed by atoms with Gasteiger partial charge < -0.3 is 9.88 Å². The van der Waals surface area contributed by atoms with Crippen LogP contribution >= 0.6 is 11.3 Å². The van der Waals surface area contributed by atoms with E-state index in [2.05, 4.69) is 38.6 Å². The van der Waals surface area contributed by atoms with E-state index >= 15 is 0 Å². The highest BCUT2D eigenvalue weighted by atomic mass is 32.1. The molecule has 1 aliphatic rings. The van der Waals surface area contributed by atoms with Gasteiger partial charge in [-0.15, -0.1) is 11.3 Å². The van der Waals surface area contributed by atoms with Gasteiger partial charge in [0.2, 0.25) is 5.95 Å². The van der Waals surface area contributed by atoms with Crippen LogP contribution in [0, 0.1) is 0 Å². The topological polar surface area (TPSA) is 29.9 Å². The van der Waals surface area contributed by atoms with E-state index < -0.39 is 0 Å². The fourth-order valence-corrected chi connectivity index (χ4v) is 3.57. The van der Waals surface area contributed by atoms with Crippen LogP contribution in [0.5, 0.6) is 0 Å². The highest BCUT2D eigenvalue weighted by Gasteiger charge is 2.17. The van der Waals surface area contributed by atoms with Crippen molar-refractivity contribution < 1.29 is 0 Å². The maximum absolute atomic E-state index is 4.47. The van der Waals surface area contributed by atoms with Crippen LogP contribution in [0.2, 0.25) is 0 Å². The lowest BCUT2D eigenvalue weighted by Crippen LogP contribution is -2.16. The lowest BCUT2D eigenvalue weighted by Gasteiger charge is -2.24. The summed E-state index contributed by atoms with van der Waals surface area (Å²) in [6.07, 6.45) is 11.8. The average Bonchev–Trinajstić information content (AvgIpc) is 3.11. The van der Waals surface area contributed by atoms with Gasteiger partial charge in [0.05, 0.1) is 0 Å². The summed E-state index contributed by atoms with van der Waals surface area (Å²) < 4.78 is 2.34. The van der Waals surface area contributed by atoms with Crippen molar-refractivity contribution >= 4 is 17.3 Å². The highest BCUT2D eigenvalue weighted by Crippen LogP contribution is 2.30. The Balaban J connectivity index is 1.57. The van der Waals surface area contributed by atoms with Gasteiger partial charge >= 0.3 is 0 Å². The Morgan fingerprint density at radius 3 is 3.00 bits per heavy atom. The first kappa shape index (κ1) is 12.7. The van der Waals surface area contributed by atoms with Gasteiger partial charge in [-0.1, -0.05) is 25.3 Å². The summed E-state index contributed by atoms with van der Waals surface area (Å²) >= 11 is 1.83. The van der Waals surface area contributed by atoms with Crippen molar-refractivity contribution in [1.82, 2.24) is 9.55 Å². The van der Waals surface area contributed by atoms with Crippen LogP contribution in [-0.2, 0) is 6.42 Å². The molecule has 1 saturated carbocycles. The molecule has 0 amide bonds. The minimum atomic E-state index is 0.653. The standard InChI is InChI=1S/C15H21N3S/c1-2-5-13(6-3-1)18-11-10-17-15(18)16-9-8-14-7-4-12-19-14/h4,7,10-13H,1-3,5-6,8-9H2,(H,16,17). The van der Waals surface area contributed by atoms with E-state index in [0.29, 0.717) is 6.04 Å². The molecule has 2 aromatic rings. The van der Waals surface area contributed by atoms with E-state index in [4.69, 9.17) is 0 Å². The number of thiophene rings is 1. The van der Waals surface area contributed by atoms with Gasteiger partial charge in [-0.05, 0) is 30.7 Å². The van der Waals surface area contributed by atoms with Gasteiger partial charge in [0.15, 0.2) is 0 Å². The highest BCUT2D eigenvalue weighted by molar-refractivity contribution is 7.09. The fourth-order valence-electron chi connectivity index (χ4n) is 2.86. The van der Waals surface area contributed by atoms with Crippen molar-refractivity contribution in [3.63, 3.8) is 0 Å². The summed E-state index contributed by atoms with van der Waals surface area (Å²) in [5.74, 6) is 1.04. The molecule has 1 aliphatic carbocycles. The number of hydrogen-bond donors (Lipinski definition) is 1. The molecule has 102 valence electrons. The number of imidazole rings is 1. The van der Waals surface area contributed by atoms with E-state index in [1.807, 2.05) is 17.5 Å². The largest absolute Gasteiger partial charge is 0.355 e. The summed E-state index contributed by atoms with van der Waals surface area (Å²) in [6, 6.07) is 4.96. The fraction of sp³-hybridized carbons (Fsp3) is 0.533. The Morgan fingerprint density at radius 1 is 1.32 bits per heavy atom. The molecule has 0 bridgehead atoms. The molecule has 2 aromatic heterocycles. The predicted molar refractivity (Wildman–Crippen MR) is 80.9 cm³/mol. The number of aromatic nitrogens is 2. The molecule has 0 atom stereocenters. The monoisotopic (exact) mass is 275 g/mol. The molecule has 19 heavy (non-hydrogen) atoms. The Bertz CT molecular complexity index is 483. The molecule has 4 heteroatoms. The molecule has 2 heterocycles. The van der Waals surface area contributed by atoms with Gasteiger partial charge in [-0.3, -0.25) is 0 Å². The summed E-state index contributed by atoms with van der Waals surface area (Å²) in [5.41, 5.74) is 0. The molecular formula is C15H21N3S. The summed E-state index contributed by atoms with van der Waals surface area (Å²) in [6.45, 7) is 0.963. The van der Waals surface area contributed by atoms with Gasteiger partial charge in [-0.25, -0.2) is 4.98 Å². The molecule has 0 unspecified atom stereocenters. The van der Waals surface area contributed by atoms with Crippen LogP contribution in [0.1, 0.15) is 43.0 Å². The third-order valence-corrected chi connectivity index (χ3v) is 4.81. The number of anilines is 1. The van der Waals surface area contributed by atoms with Crippen LogP contribution in [0.4, 0.5) is 5.95 Å². The average molecular weight is 275 g/mol. The van der Waals surface area contributed by atoms with Gasteiger partial charge in [0, 0.05) is 29.9 Å². The summed E-state index contributed by atoms with van der Waals surface area (Å²) in [7, 11) is 0. The lowest BCUT2D eigenvalue weighted by atomic mass is 9.95. The number of rotatable bonds is 5. The Hall–Kier alpha value is -1.29. The number of nitrogens with zero attached hydrogens (tertiary/aromatic N) is 2. The molecule has 0 saturated heterocycles. The van der Waals surface area contributed by atoms with Crippen LogP contribution in [0.25, 0.3) is 0 Å². The predicted octanol–water partition coefficient (Wildman–Crippen LogP) is 4.10. The maximum atomic E-state index is 4.47. The van der Waals surface area contributed by atoms with Gasteiger partial charge in [0.25, 0.3) is 0 Å². The van der Waals surface area contributed by atoms with E-state index in [-0.39, 0.29) is 0 Å². The third-order valence-electron chi connectivity index (χ3n) is 3.87. The van der Waals surface area contributed by atoms with Crippen LogP contribution in [-0.4, -0.2) is 16.1 Å². The van der Waals surface area contributed by atoms with Crippen molar-refractivity contribution in [3.05, 3.63) is 34.8 Å². The van der Waals surface area contributed by atoms with Gasteiger partial charge in [-0.2, -0.15) is 0 Å². The number of hydrogen-bond acceptors (Lipinski definition) is 3. The van der Waals surface area contributed by atoms with Crippen molar-refractivity contribution in [1.29, 1.82) is 0 Å². The first-order chi connectivity index (χ1) is 9.43. The maximum Gasteiger partial charge on any atom is 0.203 e. The van der Waals surface area contributed by atoms with E-state index in [0.717, 1.165) is 18.9 Å². The van der Waals surface area contributed by atoms with Gasteiger partial charge in [0.1, 0.15) is 0 Å². The Labute approximate surface area is 118 Å². The molecule has 0 aliphatic heterocycles. The van der Waals surface area contributed by atoms with Crippen molar-refractivity contribution in [2.24, 2.45) is 0 Å². The normalized spacial score (nSPS) is 16.6. The van der Waals surface area contributed by atoms with Crippen molar-refractivity contribution in [2.45, 2.75) is 44.6 Å². The molecule has 3 nitrogen and oxygen atoms in total. The van der Waals surface area contributed by atoms with Crippen LogP contribution in [0.15, 0.2) is 29.9 Å². The second kappa shape index (κ2) is 6.24. The molecule has 1 fully saturated rings. The molecule has 0 aromatic carbocycles. The lowest BCUT2D eigenvalue weighted by molar-refractivity contribution is 0.356. The second-order valence-electron chi connectivity index (χ2n) is 5.21. The molecule has 1 N–H and O–H groups in total. The van der Waals surface area contributed by atoms with Crippen LogP contribution < -0.4 is 5.32 Å². The SMILES string of the molecule is c1csc(CCNc2nccn2C2CCCCC2)c1. The zero-order valence-corrected chi connectivity index (χ0v) is 12.0. The van der Waals surface area contributed by atoms with E-state index in [1.54, 1.807) is 0 Å². The first-order valence-corrected chi connectivity index (χ1v) is 8.10. The number of nitrogens with one attached hydrogen (secondary N) is 1. The Kier molecular flexibility index (Phi) is 4.18. The zero-order chi connectivity index (χ0) is 12.9. The third kappa shape index (κ3) is 3.18.